The molecule has 2 unspecified atom stereocenters. The largest absolute Gasteiger partial charge is 0.347 e. The van der Waals surface area contributed by atoms with Crippen molar-refractivity contribution in [1.82, 2.24) is 10.2 Å². The van der Waals surface area contributed by atoms with Crippen LogP contribution >= 0.6 is 0 Å². The third kappa shape index (κ3) is 4.55. The van der Waals surface area contributed by atoms with E-state index in [1.165, 1.54) is 12.1 Å². The molecular weight excluding hydrogens is 283 g/mol. The number of amides is 2. The van der Waals surface area contributed by atoms with Gasteiger partial charge in [-0.2, -0.15) is 0 Å². The predicted octanol–water partition coefficient (Wildman–Crippen LogP) is 1.99. The highest BCUT2D eigenvalue weighted by Gasteiger charge is 2.28. The summed E-state index contributed by atoms with van der Waals surface area (Å²) in [5, 5.41) is 2.65. The zero-order valence-corrected chi connectivity index (χ0v) is 13.1. The molecule has 5 heteroatoms. The number of hydrogen-bond donors (Lipinski definition) is 1. The van der Waals surface area contributed by atoms with Crippen LogP contribution in [-0.4, -0.2) is 36.3 Å². The number of hydrogen-bond acceptors (Lipinski definition) is 2. The van der Waals surface area contributed by atoms with Crippen LogP contribution in [0.3, 0.4) is 0 Å². The third-order valence-electron chi connectivity index (χ3n) is 3.96. The van der Waals surface area contributed by atoms with E-state index in [4.69, 9.17) is 0 Å². The summed E-state index contributed by atoms with van der Waals surface area (Å²) in [5.74, 6) is -0.420. The normalized spacial score (nSPS) is 21.5. The van der Waals surface area contributed by atoms with E-state index in [0.29, 0.717) is 37.9 Å². The van der Waals surface area contributed by atoms with Gasteiger partial charge in [-0.25, -0.2) is 4.39 Å². The first-order valence-electron chi connectivity index (χ1n) is 7.77. The summed E-state index contributed by atoms with van der Waals surface area (Å²) in [5.41, 5.74) is 0.925. The Morgan fingerprint density at radius 1 is 1.18 bits per heavy atom. The lowest BCUT2D eigenvalue weighted by atomic mass is 9.92. The average Bonchev–Trinajstić information content (AvgIpc) is 2.47. The molecule has 0 bridgehead atoms. The van der Waals surface area contributed by atoms with Gasteiger partial charge in [0, 0.05) is 19.6 Å². The van der Waals surface area contributed by atoms with Gasteiger partial charge in [0.15, 0.2) is 0 Å². The molecule has 2 atom stereocenters. The molecule has 0 radical (unpaired) electrons. The van der Waals surface area contributed by atoms with Gasteiger partial charge < -0.3 is 10.2 Å². The number of rotatable bonds is 3. The number of nitrogens with one attached hydrogen (secondary N) is 1. The van der Waals surface area contributed by atoms with E-state index in [1.807, 2.05) is 0 Å². The van der Waals surface area contributed by atoms with Crippen molar-refractivity contribution < 1.29 is 14.0 Å². The molecule has 1 N–H and O–H groups in total. The van der Waals surface area contributed by atoms with Crippen LogP contribution in [0.15, 0.2) is 24.3 Å². The fraction of sp³-hybridized carbons (Fsp3) is 0.529. The molecule has 1 aliphatic rings. The highest BCUT2D eigenvalue weighted by Crippen LogP contribution is 2.20. The van der Waals surface area contributed by atoms with Crippen LogP contribution in [0.4, 0.5) is 4.39 Å². The van der Waals surface area contributed by atoms with E-state index in [9.17, 15) is 14.0 Å². The minimum absolute atomic E-state index is 0.281. The molecule has 0 aromatic heterocycles. The molecule has 1 aliphatic heterocycles. The number of halogens is 1. The molecule has 0 aliphatic carbocycles. The zero-order valence-electron chi connectivity index (χ0n) is 13.1. The molecule has 1 aromatic carbocycles. The molecule has 2 amide bonds. The quantitative estimate of drug-likeness (QED) is 0.868. The Labute approximate surface area is 130 Å². The summed E-state index contributed by atoms with van der Waals surface area (Å²) in [4.78, 5) is 25.7. The van der Waals surface area contributed by atoms with E-state index in [-0.39, 0.29) is 5.82 Å². The van der Waals surface area contributed by atoms with Gasteiger partial charge in [-0.3, -0.25) is 9.59 Å². The first-order valence-corrected chi connectivity index (χ1v) is 7.77. The number of piperidine rings is 1. The number of carbonyl (C=O) groups excluding carboxylic acids is 2. The van der Waals surface area contributed by atoms with Crippen LogP contribution in [0, 0.1) is 17.7 Å². The van der Waals surface area contributed by atoms with E-state index in [2.05, 4.69) is 19.2 Å². The summed E-state index contributed by atoms with van der Waals surface area (Å²) < 4.78 is 12.8. The molecule has 1 aromatic rings. The lowest BCUT2D eigenvalue weighted by Crippen LogP contribution is -2.49. The summed E-state index contributed by atoms with van der Waals surface area (Å²) in [6.07, 6.45) is 1.67. The number of carbonyl (C=O) groups is 2. The summed E-state index contributed by atoms with van der Waals surface area (Å²) >= 11 is 0. The molecule has 2 rings (SSSR count). The maximum absolute atomic E-state index is 12.8. The van der Waals surface area contributed by atoms with Gasteiger partial charge in [-0.15, -0.1) is 0 Å². The molecule has 4 nitrogen and oxygen atoms in total. The fourth-order valence-electron chi connectivity index (χ4n) is 3.02. The van der Waals surface area contributed by atoms with Gasteiger partial charge in [0.25, 0.3) is 0 Å². The Morgan fingerprint density at radius 2 is 1.77 bits per heavy atom. The smallest absolute Gasteiger partial charge is 0.311 e. The predicted molar refractivity (Wildman–Crippen MR) is 82.6 cm³/mol. The zero-order chi connectivity index (χ0) is 16.1. The van der Waals surface area contributed by atoms with Crippen LogP contribution in [0.2, 0.25) is 0 Å². The van der Waals surface area contributed by atoms with Crippen LogP contribution in [0.1, 0.15) is 25.8 Å². The Morgan fingerprint density at radius 3 is 2.36 bits per heavy atom. The first kappa shape index (κ1) is 16.5. The summed E-state index contributed by atoms with van der Waals surface area (Å²) in [7, 11) is 0. The summed E-state index contributed by atoms with van der Waals surface area (Å²) in [6, 6.07) is 6.13. The van der Waals surface area contributed by atoms with Crippen molar-refractivity contribution in [3.8, 4) is 0 Å². The minimum atomic E-state index is -0.552. The van der Waals surface area contributed by atoms with Crippen molar-refractivity contribution in [3.63, 3.8) is 0 Å². The van der Waals surface area contributed by atoms with Gasteiger partial charge in [0.1, 0.15) is 5.82 Å². The molecule has 120 valence electrons. The Bertz CT molecular complexity index is 520. The van der Waals surface area contributed by atoms with E-state index >= 15 is 0 Å². The van der Waals surface area contributed by atoms with Gasteiger partial charge in [0.05, 0.1) is 0 Å². The molecule has 1 heterocycles. The van der Waals surface area contributed by atoms with Crippen molar-refractivity contribution in [2.24, 2.45) is 11.8 Å². The maximum Gasteiger partial charge on any atom is 0.311 e. The molecule has 1 fully saturated rings. The van der Waals surface area contributed by atoms with E-state index < -0.39 is 11.8 Å². The van der Waals surface area contributed by atoms with Gasteiger partial charge in [0.2, 0.25) is 0 Å². The van der Waals surface area contributed by atoms with Crippen molar-refractivity contribution in [3.05, 3.63) is 35.6 Å². The second-order valence-corrected chi connectivity index (χ2v) is 6.29. The highest BCUT2D eigenvalue weighted by molar-refractivity contribution is 6.35. The SMILES string of the molecule is CC1CC(C)CN(C(=O)C(=O)NCCc2ccc(F)cc2)C1. The average molecular weight is 306 g/mol. The van der Waals surface area contributed by atoms with Crippen LogP contribution in [0.5, 0.6) is 0 Å². The molecule has 0 spiro atoms. The van der Waals surface area contributed by atoms with Crippen LogP contribution in [-0.2, 0) is 16.0 Å². The van der Waals surface area contributed by atoms with Gasteiger partial charge in [-0.05, 0) is 42.4 Å². The van der Waals surface area contributed by atoms with Crippen molar-refractivity contribution in [1.29, 1.82) is 0 Å². The Kier molecular flexibility index (Phi) is 5.52. The van der Waals surface area contributed by atoms with Crippen molar-refractivity contribution >= 4 is 11.8 Å². The van der Waals surface area contributed by atoms with Gasteiger partial charge in [-0.1, -0.05) is 26.0 Å². The first-order chi connectivity index (χ1) is 10.5. The molecular formula is C17H23FN2O2. The fourth-order valence-corrected chi connectivity index (χ4v) is 3.02. The Hall–Kier alpha value is -1.91. The molecule has 22 heavy (non-hydrogen) atoms. The number of likely N-dealkylation sites (tertiary alicyclic amines) is 1. The Balaban J connectivity index is 1.79. The second kappa shape index (κ2) is 7.38. The maximum atomic E-state index is 12.8. The lowest BCUT2D eigenvalue weighted by Gasteiger charge is -2.34. The van der Waals surface area contributed by atoms with Crippen LogP contribution in [0.25, 0.3) is 0 Å². The van der Waals surface area contributed by atoms with Crippen molar-refractivity contribution in [2.75, 3.05) is 19.6 Å². The second-order valence-electron chi connectivity index (χ2n) is 6.29. The lowest BCUT2D eigenvalue weighted by molar-refractivity contribution is -0.147. The molecule has 1 saturated heterocycles. The van der Waals surface area contributed by atoms with Crippen molar-refractivity contribution in [2.45, 2.75) is 26.7 Å². The highest BCUT2D eigenvalue weighted by atomic mass is 19.1. The van der Waals surface area contributed by atoms with Gasteiger partial charge >= 0.3 is 11.8 Å². The topological polar surface area (TPSA) is 49.4 Å². The number of benzene rings is 1. The minimum Gasteiger partial charge on any atom is -0.347 e. The number of nitrogens with zero attached hydrogens (tertiary/aromatic N) is 1. The van der Waals surface area contributed by atoms with E-state index in [0.717, 1.165) is 12.0 Å². The molecule has 0 saturated carbocycles. The van der Waals surface area contributed by atoms with Crippen LogP contribution < -0.4 is 5.32 Å². The summed E-state index contributed by atoms with van der Waals surface area (Å²) in [6.45, 7) is 5.86. The third-order valence-corrected chi connectivity index (χ3v) is 3.96. The van der Waals surface area contributed by atoms with E-state index in [1.54, 1.807) is 17.0 Å². The monoisotopic (exact) mass is 306 g/mol. The standard InChI is InChI=1S/C17H23FN2O2/c1-12-9-13(2)11-20(10-12)17(22)16(21)19-8-7-14-3-5-15(18)6-4-14/h3-6,12-13H,7-11H2,1-2H3,(H,19,21).